The highest BCUT2D eigenvalue weighted by molar-refractivity contribution is 7.91. The predicted octanol–water partition coefficient (Wildman–Crippen LogP) is 3.74. The van der Waals surface area contributed by atoms with Crippen molar-refractivity contribution in [1.82, 2.24) is 19.5 Å². The highest BCUT2D eigenvalue weighted by Crippen LogP contribution is 2.33. The molecule has 0 spiro atoms. The molecule has 0 radical (unpaired) electrons. The van der Waals surface area contributed by atoms with E-state index in [0.29, 0.717) is 5.52 Å². The van der Waals surface area contributed by atoms with Gasteiger partial charge in [-0.2, -0.15) is 13.2 Å². The minimum absolute atomic E-state index is 0.00110. The number of sulfone groups is 1. The molecule has 0 saturated carbocycles. The van der Waals surface area contributed by atoms with Crippen LogP contribution in [-0.4, -0.2) is 39.5 Å². The summed E-state index contributed by atoms with van der Waals surface area (Å²) in [5.41, 5.74) is -0.723. The second-order valence-electron chi connectivity index (χ2n) is 6.68. The van der Waals surface area contributed by atoms with Crippen molar-refractivity contribution in [2.75, 3.05) is 5.75 Å². The topological polar surface area (TPSA) is 94.8 Å². The van der Waals surface area contributed by atoms with E-state index >= 15 is 0 Å². The second-order valence-corrected chi connectivity index (χ2v) is 8.92. The molecule has 0 aliphatic carbocycles. The van der Waals surface area contributed by atoms with Gasteiger partial charge in [0.1, 0.15) is 17.1 Å². The average Bonchev–Trinajstić information content (AvgIpc) is 3.03. The number of fused-ring (bicyclic) bond motifs is 1. The van der Waals surface area contributed by atoms with Gasteiger partial charge < -0.3 is 4.57 Å². The Morgan fingerprint density at radius 2 is 1.80 bits per heavy atom. The van der Waals surface area contributed by atoms with Gasteiger partial charge in [-0.3, -0.25) is 4.79 Å². The summed E-state index contributed by atoms with van der Waals surface area (Å²) in [6, 6.07) is 3.42. The molecule has 0 aromatic carbocycles. The first-order chi connectivity index (χ1) is 13.9. The first-order valence-corrected chi connectivity index (χ1v) is 10.7. The number of hydrogen-bond acceptors (Lipinski definition) is 6. The van der Waals surface area contributed by atoms with Gasteiger partial charge >= 0.3 is 6.18 Å². The molecule has 3 heterocycles. The minimum Gasteiger partial charge on any atom is -0.324 e. The summed E-state index contributed by atoms with van der Waals surface area (Å²) >= 11 is 0. The summed E-state index contributed by atoms with van der Waals surface area (Å²) in [6.45, 7) is 4.52. The van der Waals surface area contributed by atoms with Gasteiger partial charge in [0.2, 0.25) is 0 Å². The number of Topliss-reactive ketones (excluding diaryl/α,β-unsaturated/α-hetero) is 1. The van der Waals surface area contributed by atoms with E-state index in [-0.39, 0.29) is 51.3 Å². The van der Waals surface area contributed by atoms with Crippen LogP contribution in [-0.2, 0) is 23.1 Å². The van der Waals surface area contributed by atoms with E-state index < -0.39 is 21.7 Å². The van der Waals surface area contributed by atoms with Gasteiger partial charge in [0, 0.05) is 13.5 Å². The van der Waals surface area contributed by atoms with E-state index in [9.17, 15) is 26.4 Å². The van der Waals surface area contributed by atoms with Crippen LogP contribution in [0.2, 0.25) is 0 Å². The number of hydrogen-bond donors (Lipinski definition) is 0. The van der Waals surface area contributed by atoms with Crippen LogP contribution in [0.1, 0.15) is 42.1 Å². The number of aryl methyl sites for hydroxylation is 2. The molecule has 0 aliphatic rings. The van der Waals surface area contributed by atoms with Crippen LogP contribution < -0.4 is 0 Å². The maximum atomic E-state index is 13.1. The maximum absolute atomic E-state index is 13.1. The number of alkyl halides is 3. The summed E-state index contributed by atoms with van der Waals surface area (Å²) in [7, 11) is -2.21. The Morgan fingerprint density at radius 3 is 2.37 bits per heavy atom. The van der Waals surface area contributed by atoms with Crippen molar-refractivity contribution in [3.05, 3.63) is 35.3 Å². The molecule has 0 atom stereocenters. The van der Waals surface area contributed by atoms with Crippen LogP contribution in [0.15, 0.2) is 23.1 Å². The molecule has 3 aromatic rings. The first kappa shape index (κ1) is 21.9. The molecule has 0 bridgehead atoms. The molecule has 0 unspecified atom stereocenters. The van der Waals surface area contributed by atoms with Gasteiger partial charge in [-0.1, -0.05) is 13.8 Å². The van der Waals surface area contributed by atoms with Gasteiger partial charge in [-0.15, -0.1) is 0 Å². The second kappa shape index (κ2) is 7.46. The lowest BCUT2D eigenvalue weighted by Crippen LogP contribution is -2.11. The molecule has 7 nitrogen and oxygen atoms in total. The van der Waals surface area contributed by atoms with Gasteiger partial charge in [-0.25, -0.2) is 23.4 Å². The lowest BCUT2D eigenvalue weighted by molar-refractivity contribution is -0.141. The minimum atomic E-state index is -4.65. The number of rotatable bonds is 5. The molecule has 0 N–H and O–H groups in total. The maximum Gasteiger partial charge on any atom is 0.433 e. The molecular formula is C19H19F3N4O3S. The molecule has 0 saturated heterocycles. The molecule has 0 aliphatic heterocycles. The number of carbonyl (C=O) groups is 1. The van der Waals surface area contributed by atoms with Crippen LogP contribution in [0.25, 0.3) is 22.6 Å². The van der Waals surface area contributed by atoms with Crippen LogP contribution in [0.5, 0.6) is 0 Å². The Kier molecular flexibility index (Phi) is 5.44. The Balaban J connectivity index is 2.37. The molecule has 3 aromatic heterocycles. The molecule has 30 heavy (non-hydrogen) atoms. The Labute approximate surface area is 170 Å². The first-order valence-electron chi connectivity index (χ1n) is 9.09. The van der Waals surface area contributed by atoms with E-state index in [0.717, 1.165) is 6.07 Å². The standard InChI is InChI=1S/C19H19F3N4O3S/c1-5-13(27)11-7-8-14(30(28,29)6-2)16(24-11)18-25-12-9-15(19(20,21)22)23-10(3)17(12)26(18)4/h7-9H,5-6H2,1-4H3. The molecule has 0 fully saturated rings. The summed E-state index contributed by atoms with van der Waals surface area (Å²) in [5, 5.41) is 0. The Morgan fingerprint density at radius 1 is 1.13 bits per heavy atom. The third kappa shape index (κ3) is 3.69. The normalized spacial score (nSPS) is 12.5. The number of halogens is 3. The molecule has 11 heteroatoms. The zero-order valence-electron chi connectivity index (χ0n) is 16.7. The van der Waals surface area contributed by atoms with Crippen molar-refractivity contribution < 1.29 is 26.4 Å². The highest BCUT2D eigenvalue weighted by Gasteiger charge is 2.34. The number of ketones is 1. The van der Waals surface area contributed by atoms with Crippen molar-refractivity contribution in [3.63, 3.8) is 0 Å². The highest BCUT2D eigenvalue weighted by atomic mass is 32.2. The molecular weight excluding hydrogens is 421 g/mol. The fourth-order valence-electron chi connectivity index (χ4n) is 3.15. The summed E-state index contributed by atoms with van der Waals surface area (Å²) in [6.07, 6.45) is -4.49. The Bertz CT molecular complexity index is 1260. The zero-order valence-corrected chi connectivity index (χ0v) is 17.5. The Hall–Kier alpha value is -2.82. The van der Waals surface area contributed by atoms with Crippen molar-refractivity contribution in [2.24, 2.45) is 7.05 Å². The zero-order chi connectivity index (χ0) is 22.4. The lowest BCUT2D eigenvalue weighted by Gasteiger charge is -2.11. The van der Waals surface area contributed by atoms with Crippen LogP contribution in [0.4, 0.5) is 13.2 Å². The van der Waals surface area contributed by atoms with E-state index in [1.54, 1.807) is 6.92 Å². The number of pyridine rings is 2. The number of imidazole rings is 1. The third-order valence-corrected chi connectivity index (χ3v) is 6.47. The van der Waals surface area contributed by atoms with Gasteiger partial charge in [0.25, 0.3) is 0 Å². The van der Waals surface area contributed by atoms with E-state index in [4.69, 9.17) is 0 Å². The van der Waals surface area contributed by atoms with Gasteiger partial charge in [0.15, 0.2) is 21.4 Å². The van der Waals surface area contributed by atoms with Crippen LogP contribution in [0.3, 0.4) is 0 Å². The van der Waals surface area contributed by atoms with Crippen LogP contribution >= 0.6 is 0 Å². The van der Waals surface area contributed by atoms with E-state index in [1.807, 2.05) is 0 Å². The van der Waals surface area contributed by atoms with Crippen molar-refractivity contribution in [1.29, 1.82) is 0 Å². The predicted molar refractivity (Wildman–Crippen MR) is 104 cm³/mol. The number of nitrogens with zero attached hydrogens (tertiary/aromatic N) is 4. The fraction of sp³-hybridized carbons (Fsp3) is 0.368. The van der Waals surface area contributed by atoms with E-state index in [2.05, 4.69) is 15.0 Å². The largest absolute Gasteiger partial charge is 0.433 e. The van der Waals surface area contributed by atoms with Crippen molar-refractivity contribution in [3.8, 4) is 11.5 Å². The van der Waals surface area contributed by atoms with E-state index in [1.165, 1.54) is 37.6 Å². The summed E-state index contributed by atoms with van der Waals surface area (Å²) in [5.74, 6) is -0.481. The third-order valence-electron chi connectivity index (χ3n) is 4.71. The quantitative estimate of drug-likeness (QED) is 0.561. The van der Waals surface area contributed by atoms with Crippen molar-refractivity contribution >= 4 is 26.7 Å². The monoisotopic (exact) mass is 440 g/mol. The number of carbonyl (C=O) groups excluding carboxylic acids is 1. The smallest absolute Gasteiger partial charge is 0.324 e. The summed E-state index contributed by atoms with van der Waals surface area (Å²) < 4.78 is 66.1. The van der Waals surface area contributed by atoms with Crippen LogP contribution in [0, 0.1) is 6.92 Å². The average molecular weight is 440 g/mol. The van der Waals surface area contributed by atoms with Gasteiger partial charge in [-0.05, 0) is 25.1 Å². The molecule has 0 amide bonds. The fourth-order valence-corrected chi connectivity index (χ4v) is 4.17. The van der Waals surface area contributed by atoms with Gasteiger partial charge in [0.05, 0.1) is 27.4 Å². The number of aromatic nitrogens is 4. The SMILES string of the molecule is CCC(=O)c1ccc(S(=O)(=O)CC)c(-c2nc3cc(C(F)(F)F)nc(C)c3n2C)n1. The molecule has 160 valence electrons. The summed E-state index contributed by atoms with van der Waals surface area (Å²) in [4.78, 5) is 24.1. The van der Waals surface area contributed by atoms with Crippen molar-refractivity contribution in [2.45, 2.75) is 38.3 Å². The lowest BCUT2D eigenvalue weighted by atomic mass is 10.2. The molecule has 3 rings (SSSR count).